The van der Waals surface area contributed by atoms with Crippen LogP contribution in [-0.2, 0) is 13.7 Å². The Morgan fingerprint density at radius 1 is 1.70 bits per heavy atom. The average Bonchev–Trinajstić information content (AvgIpc) is 1.98. The molecule has 0 spiro atoms. The van der Waals surface area contributed by atoms with Crippen molar-refractivity contribution in [3.8, 4) is 0 Å². The second-order valence-electron chi connectivity index (χ2n) is 1.36. The molecule has 0 heterocycles. The fourth-order valence-electron chi connectivity index (χ4n) is 0.277. The number of hydrogen-bond donors (Lipinski definition) is 3. The van der Waals surface area contributed by atoms with Crippen LogP contribution in [0.3, 0.4) is 0 Å². The monoisotopic (exact) mass is 184 g/mol. The summed E-state index contributed by atoms with van der Waals surface area (Å²) in [5.74, 6) is -0.694. The van der Waals surface area contributed by atoms with Gasteiger partial charge in [-0.05, 0) is 0 Å². The number of aliphatic hydroxyl groups is 1. The van der Waals surface area contributed by atoms with E-state index in [-0.39, 0.29) is 13.2 Å². The molecule has 0 aromatic rings. The minimum Gasteiger partial charge on any atom is -0.394 e. The summed E-state index contributed by atoms with van der Waals surface area (Å²) >= 11 is 6.92. The molecule has 0 amide bonds. The van der Waals surface area contributed by atoms with Gasteiger partial charge in [0.25, 0.3) is 0 Å². The van der Waals surface area contributed by atoms with Crippen LogP contribution >= 0.6 is 25.5 Å². The Labute approximate surface area is 69.5 Å². The second-order valence-corrected chi connectivity index (χ2v) is 2.01. The van der Waals surface area contributed by atoms with Crippen LogP contribution in [0.4, 0.5) is 0 Å². The molecule has 4 nitrogen and oxygen atoms in total. The molecule has 0 aromatic carbocycles. The van der Waals surface area contributed by atoms with E-state index in [4.69, 9.17) is 5.11 Å². The molecule has 0 bridgehead atoms. The topological polar surface area (TPSA) is 55.8 Å². The summed E-state index contributed by atoms with van der Waals surface area (Å²) in [5, 5.41) is 8.24. The second kappa shape index (κ2) is 5.84. The summed E-state index contributed by atoms with van der Waals surface area (Å²) in [6.07, 6.45) is 0. The first-order valence-electron chi connectivity index (χ1n) is 2.48. The van der Waals surface area contributed by atoms with Gasteiger partial charge < -0.3 is 14.0 Å². The van der Waals surface area contributed by atoms with Crippen molar-refractivity contribution in [2.45, 2.75) is 5.44 Å². The van der Waals surface area contributed by atoms with Crippen LogP contribution < -0.4 is 0 Å². The van der Waals surface area contributed by atoms with Crippen molar-refractivity contribution in [1.29, 1.82) is 0 Å². The molecule has 1 unspecified atom stereocenters. The molecular weight excluding hydrogens is 176 g/mol. The average molecular weight is 184 g/mol. The van der Waals surface area contributed by atoms with Crippen LogP contribution in [0.2, 0.25) is 0 Å². The number of aliphatic hydroxyl groups excluding tert-OH is 1. The van der Waals surface area contributed by atoms with Crippen molar-refractivity contribution in [2.75, 3.05) is 13.2 Å². The summed E-state index contributed by atoms with van der Waals surface area (Å²) in [6.45, 7) is -0.103. The van der Waals surface area contributed by atoms with Crippen molar-refractivity contribution in [1.82, 2.24) is 0 Å². The Hall–Kier alpha value is 0.0900. The summed E-state index contributed by atoms with van der Waals surface area (Å²) in [5.41, 5.74) is -0.968. The molecule has 6 heteroatoms. The van der Waals surface area contributed by atoms with Gasteiger partial charge in [-0.2, -0.15) is 0 Å². The fraction of sp³-hybridized carbons (Fsp3) is 0.750. The number of hydrogen-bond acceptors (Lipinski definition) is 6. The normalized spacial score (nSPS) is 12.7. The minimum absolute atomic E-state index is 0.0526. The molecule has 10 heavy (non-hydrogen) atoms. The number of carbonyl (C=O) groups excluding carboxylic acids is 1. The SMILES string of the molecule is O=C(OS)C(S)OCCO. The molecule has 1 N–H and O–H groups in total. The van der Waals surface area contributed by atoms with Crippen molar-refractivity contribution in [3.05, 3.63) is 0 Å². The summed E-state index contributed by atoms with van der Waals surface area (Å²) in [6, 6.07) is 0. The van der Waals surface area contributed by atoms with E-state index < -0.39 is 11.4 Å². The van der Waals surface area contributed by atoms with Gasteiger partial charge in [-0.15, -0.1) is 12.6 Å². The minimum atomic E-state index is -0.968. The van der Waals surface area contributed by atoms with Gasteiger partial charge in [0, 0.05) is 12.9 Å². The Balaban J connectivity index is 3.41. The van der Waals surface area contributed by atoms with Crippen molar-refractivity contribution in [2.24, 2.45) is 0 Å². The third-order valence-corrected chi connectivity index (χ3v) is 1.20. The van der Waals surface area contributed by atoms with E-state index in [1.807, 2.05) is 0 Å². The third kappa shape index (κ3) is 3.99. The first-order valence-corrected chi connectivity index (χ1v) is 3.36. The molecule has 0 aliphatic carbocycles. The van der Waals surface area contributed by atoms with Crippen LogP contribution in [0.25, 0.3) is 0 Å². The van der Waals surface area contributed by atoms with E-state index >= 15 is 0 Å². The Kier molecular flexibility index (Phi) is 5.90. The molecule has 0 rings (SSSR count). The zero-order valence-corrected chi connectivity index (χ0v) is 6.85. The first kappa shape index (κ1) is 10.1. The highest BCUT2D eigenvalue weighted by atomic mass is 32.1. The van der Waals surface area contributed by atoms with E-state index in [9.17, 15) is 4.79 Å². The summed E-state index contributed by atoms with van der Waals surface area (Å²) in [7, 11) is 0. The van der Waals surface area contributed by atoms with Gasteiger partial charge >= 0.3 is 5.97 Å². The van der Waals surface area contributed by atoms with Crippen LogP contribution in [-0.4, -0.2) is 29.7 Å². The number of thiol groups is 2. The van der Waals surface area contributed by atoms with Gasteiger partial charge in [-0.3, -0.25) is 0 Å². The van der Waals surface area contributed by atoms with Gasteiger partial charge in [0.15, 0.2) is 5.44 Å². The third-order valence-electron chi connectivity index (χ3n) is 0.659. The highest BCUT2D eigenvalue weighted by Crippen LogP contribution is 2.00. The fourth-order valence-corrected chi connectivity index (χ4v) is 0.614. The zero-order valence-electron chi connectivity index (χ0n) is 5.06. The van der Waals surface area contributed by atoms with Crippen molar-refractivity contribution < 1.29 is 18.8 Å². The lowest BCUT2D eigenvalue weighted by Gasteiger charge is -2.06. The number of carbonyl (C=O) groups is 1. The van der Waals surface area contributed by atoms with Crippen LogP contribution in [0, 0.1) is 0 Å². The molecule has 0 aromatic heterocycles. The summed E-state index contributed by atoms with van der Waals surface area (Å²) in [4.78, 5) is 10.4. The quantitative estimate of drug-likeness (QED) is 0.317. The maximum Gasteiger partial charge on any atom is 0.357 e. The van der Waals surface area contributed by atoms with E-state index in [2.05, 4.69) is 34.5 Å². The highest BCUT2D eigenvalue weighted by molar-refractivity contribution is 7.81. The zero-order chi connectivity index (χ0) is 7.98. The smallest absolute Gasteiger partial charge is 0.357 e. The van der Waals surface area contributed by atoms with Crippen LogP contribution in [0.1, 0.15) is 0 Å². The number of rotatable bonds is 4. The Morgan fingerprint density at radius 2 is 2.30 bits per heavy atom. The van der Waals surface area contributed by atoms with E-state index in [1.165, 1.54) is 0 Å². The Bertz CT molecular complexity index is 107. The van der Waals surface area contributed by atoms with Crippen molar-refractivity contribution in [3.63, 3.8) is 0 Å². The number of ether oxygens (including phenoxy) is 1. The summed E-state index contributed by atoms with van der Waals surface area (Å²) < 4.78 is 8.62. The maximum atomic E-state index is 10.4. The molecule has 0 radical (unpaired) electrons. The van der Waals surface area contributed by atoms with Gasteiger partial charge in [0.05, 0.1) is 13.2 Å². The lowest BCUT2D eigenvalue weighted by Crippen LogP contribution is -2.19. The van der Waals surface area contributed by atoms with Gasteiger partial charge in [0.2, 0.25) is 0 Å². The van der Waals surface area contributed by atoms with E-state index in [0.717, 1.165) is 0 Å². The lowest BCUT2D eigenvalue weighted by molar-refractivity contribution is -0.140. The van der Waals surface area contributed by atoms with Gasteiger partial charge in [-0.25, -0.2) is 4.79 Å². The largest absolute Gasteiger partial charge is 0.394 e. The molecule has 1 atom stereocenters. The van der Waals surface area contributed by atoms with Crippen LogP contribution in [0.15, 0.2) is 0 Å². The highest BCUT2D eigenvalue weighted by Gasteiger charge is 2.13. The maximum absolute atomic E-state index is 10.4. The molecule has 60 valence electrons. The van der Waals surface area contributed by atoms with Gasteiger partial charge in [-0.1, -0.05) is 0 Å². The molecule has 0 fully saturated rings. The standard InChI is InChI=1S/C4H8O4S2/c5-1-2-7-4(9)3(6)8-10/h4-5,9-10H,1-2H2. The van der Waals surface area contributed by atoms with Crippen molar-refractivity contribution >= 4 is 31.5 Å². The molecular formula is C4H8O4S2. The lowest BCUT2D eigenvalue weighted by atomic mass is 10.7. The van der Waals surface area contributed by atoms with E-state index in [1.54, 1.807) is 0 Å². The Morgan fingerprint density at radius 3 is 2.70 bits per heavy atom. The molecule has 0 saturated heterocycles. The molecule has 0 aliphatic heterocycles. The predicted octanol–water partition coefficient (Wildman–Crippen LogP) is -0.361. The molecule has 0 saturated carbocycles. The van der Waals surface area contributed by atoms with Crippen LogP contribution in [0.5, 0.6) is 0 Å². The molecule has 0 aliphatic rings. The van der Waals surface area contributed by atoms with Gasteiger partial charge in [0.1, 0.15) is 0 Å². The predicted molar refractivity (Wildman–Crippen MR) is 40.9 cm³/mol. The van der Waals surface area contributed by atoms with E-state index in [0.29, 0.717) is 0 Å². The first-order chi connectivity index (χ1) is 4.72.